The third kappa shape index (κ3) is 4.23. The van der Waals surface area contributed by atoms with E-state index in [1.165, 1.54) is 0 Å². The number of hydrogen-bond donors (Lipinski definition) is 1. The topological polar surface area (TPSA) is 53.2 Å². The van der Waals surface area contributed by atoms with Crippen LogP contribution in [0.5, 0.6) is 11.5 Å². The summed E-state index contributed by atoms with van der Waals surface area (Å²) in [4.78, 5) is 1.02. The van der Waals surface area contributed by atoms with E-state index in [0.29, 0.717) is 12.2 Å². The number of nitrogens with zero attached hydrogens (tertiary/aromatic N) is 1. The van der Waals surface area contributed by atoms with Gasteiger partial charge in [-0.2, -0.15) is 5.26 Å². The van der Waals surface area contributed by atoms with Crippen LogP contribution < -0.4 is 4.74 Å². The second kappa shape index (κ2) is 6.72. The summed E-state index contributed by atoms with van der Waals surface area (Å²) in [6, 6.07) is 16.3. The minimum Gasteiger partial charge on any atom is -0.508 e. The maximum absolute atomic E-state index is 9.33. The monoisotopic (exact) mass is 271 g/mol. The largest absolute Gasteiger partial charge is 0.508 e. The van der Waals surface area contributed by atoms with Crippen molar-refractivity contribution in [2.45, 2.75) is 4.90 Å². The molecule has 3 nitrogen and oxygen atoms in total. The van der Waals surface area contributed by atoms with E-state index in [9.17, 15) is 5.11 Å². The third-order valence-corrected chi connectivity index (χ3v) is 3.38. The lowest BCUT2D eigenvalue weighted by Crippen LogP contribution is -1.99. The molecule has 0 bridgehead atoms. The van der Waals surface area contributed by atoms with Crippen molar-refractivity contribution in [3.05, 3.63) is 54.1 Å². The maximum Gasteiger partial charge on any atom is 0.119 e. The van der Waals surface area contributed by atoms with E-state index in [0.717, 1.165) is 16.4 Å². The van der Waals surface area contributed by atoms with Crippen LogP contribution >= 0.6 is 11.8 Å². The molecule has 19 heavy (non-hydrogen) atoms. The highest BCUT2D eigenvalue weighted by Crippen LogP contribution is 2.22. The lowest BCUT2D eigenvalue weighted by Gasteiger charge is -2.06. The van der Waals surface area contributed by atoms with Crippen LogP contribution in [-0.4, -0.2) is 17.5 Å². The van der Waals surface area contributed by atoms with Crippen LogP contribution in [0.3, 0.4) is 0 Å². The van der Waals surface area contributed by atoms with Gasteiger partial charge in [-0.25, -0.2) is 0 Å². The smallest absolute Gasteiger partial charge is 0.119 e. The molecule has 1 N–H and O–H groups in total. The maximum atomic E-state index is 9.33. The summed E-state index contributed by atoms with van der Waals surface area (Å²) < 4.78 is 5.56. The van der Waals surface area contributed by atoms with Gasteiger partial charge in [0, 0.05) is 10.6 Å². The summed E-state index contributed by atoms with van der Waals surface area (Å²) in [5.41, 5.74) is 0.626. The summed E-state index contributed by atoms with van der Waals surface area (Å²) in [5.74, 6) is 1.83. The highest BCUT2D eigenvalue weighted by molar-refractivity contribution is 7.99. The first-order valence-corrected chi connectivity index (χ1v) is 6.81. The van der Waals surface area contributed by atoms with Gasteiger partial charge in [-0.3, -0.25) is 0 Å². The highest BCUT2D eigenvalue weighted by atomic mass is 32.2. The van der Waals surface area contributed by atoms with Gasteiger partial charge in [-0.1, -0.05) is 6.07 Å². The zero-order valence-corrected chi connectivity index (χ0v) is 11.1. The van der Waals surface area contributed by atoms with E-state index in [1.807, 2.05) is 12.1 Å². The van der Waals surface area contributed by atoms with Crippen molar-refractivity contribution in [3.8, 4) is 17.6 Å². The van der Waals surface area contributed by atoms with Crippen LogP contribution in [0.2, 0.25) is 0 Å². The lowest BCUT2D eigenvalue weighted by molar-refractivity contribution is 0.344. The first kappa shape index (κ1) is 13.3. The van der Waals surface area contributed by atoms with E-state index in [2.05, 4.69) is 6.07 Å². The number of ether oxygens (including phenoxy) is 1. The molecule has 96 valence electrons. The molecular weight excluding hydrogens is 258 g/mol. The Labute approximate surface area is 116 Å². The molecule has 0 aromatic heterocycles. The van der Waals surface area contributed by atoms with Gasteiger partial charge in [0.25, 0.3) is 0 Å². The molecule has 0 unspecified atom stereocenters. The molecule has 2 rings (SSSR count). The summed E-state index contributed by atoms with van der Waals surface area (Å²) in [5, 5.41) is 18.0. The Kier molecular flexibility index (Phi) is 4.71. The Balaban J connectivity index is 1.76. The van der Waals surface area contributed by atoms with Gasteiger partial charge < -0.3 is 9.84 Å². The molecule has 0 atom stereocenters. The summed E-state index contributed by atoms with van der Waals surface area (Å²) in [7, 11) is 0. The standard InChI is InChI=1S/C15H13NO2S/c16-11-12-4-6-14(7-5-12)18-8-9-19-15-3-1-2-13(17)10-15/h1-7,10,17H,8-9H2. The van der Waals surface area contributed by atoms with Gasteiger partial charge in [-0.15, -0.1) is 11.8 Å². The van der Waals surface area contributed by atoms with E-state index in [-0.39, 0.29) is 5.75 Å². The predicted octanol–water partition coefficient (Wildman–Crippen LogP) is 3.43. The number of hydrogen-bond acceptors (Lipinski definition) is 4. The third-order valence-electron chi connectivity index (χ3n) is 2.42. The molecule has 0 heterocycles. The van der Waals surface area contributed by atoms with Crippen LogP contribution in [0, 0.1) is 11.3 Å². The van der Waals surface area contributed by atoms with Crippen molar-refractivity contribution in [3.63, 3.8) is 0 Å². The van der Waals surface area contributed by atoms with Gasteiger partial charge >= 0.3 is 0 Å². The van der Waals surface area contributed by atoms with E-state index in [4.69, 9.17) is 10.00 Å². The molecule has 0 amide bonds. The molecule has 0 saturated carbocycles. The Morgan fingerprint density at radius 1 is 1.16 bits per heavy atom. The minimum atomic E-state index is 0.276. The number of nitriles is 1. The number of phenols is 1. The molecule has 0 spiro atoms. The van der Waals surface area contributed by atoms with Crippen LogP contribution in [0.1, 0.15) is 5.56 Å². The molecule has 0 aliphatic carbocycles. The fraction of sp³-hybridized carbons (Fsp3) is 0.133. The molecule has 0 saturated heterocycles. The Hall–Kier alpha value is -2.12. The van der Waals surface area contributed by atoms with Crippen molar-refractivity contribution in [2.24, 2.45) is 0 Å². The van der Waals surface area contributed by atoms with Gasteiger partial charge in [0.2, 0.25) is 0 Å². The lowest BCUT2D eigenvalue weighted by atomic mass is 10.2. The zero-order chi connectivity index (χ0) is 13.5. The molecule has 2 aromatic carbocycles. The average molecular weight is 271 g/mol. The SMILES string of the molecule is N#Cc1ccc(OCCSc2cccc(O)c2)cc1. The molecule has 0 fully saturated rings. The Morgan fingerprint density at radius 2 is 1.95 bits per heavy atom. The first-order valence-electron chi connectivity index (χ1n) is 5.83. The summed E-state index contributed by atoms with van der Waals surface area (Å²) in [6.07, 6.45) is 0. The average Bonchev–Trinajstić information content (AvgIpc) is 2.44. The first-order chi connectivity index (χ1) is 9.28. The van der Waals surface area contributed by atoms with Crippen molar-refractivity contribution in [1.82, 2.24) is 0 Å². The van der Waals surface area contributed by atoms with E-state index in [1.54, 1.807) is 48.2 Å². The van der Waals surface area contributed by atoms with Crippen LogP contribution in [0.15, 0.2) is 53.4 Å². The number of phenolic OH excluding ortho intramolecular Hbond substituents is 1. The molecule has 0 aliphatic heterocycles. The van der Waals surface area contributed by atoms with Crippen LogP contribution in [0.4, 0.5) is 0 Å². The predicted molar refractivity (Wildman–Crippen MR) is 75.5 cm³/mol. The number of benzene rings is 2. The van der Waals surface area contributed by atoms with Gasteiger partial charge in [0.1, 0.15) is 11.5 Å². The number of rotatable bonds is 5. The van der Waals surface area contributed by atoms with Crippen LogP contribution in [-0.2, 0) is 0 Å². The minimum absolute atomic E-state index is 0.276. The molecular formula is C15H13NO2S. The molecule has 0 radical (unpaired) electrons. The van der Waals surface area contributed by atoms with Crippen molar-refractivity contribution < 1.29 is 9.84 Å². The van der Waals surface area contributed by atoms with Gasteiger partial charge in [-0.05, 0) is 42.5 Å². The van der Waals surface area contributed by atoms with Crippen molar-refractivity contribution >= 4 is 11.8 Å². The second-order valence-corrected chi connectivity index (χ2v) is 5.00. The fourth-order valence-corrected chi connectivity index (χ4v) is 2.30. The molecule has 0 aliphatic rings. The van der Waals surface area contributed by atoms with Gasteiger partial charge in [0.15, 0.2) is 0 Å². The number of thioether (sulfide) groups is 1. The summed E-state index contributed by atoms with van der Waals surface area (Å²) >= 11 is 1.62. The van der Waals surface area contributed by atoms with Crippen LogP contribution in [0.25, 0.3) is 0 Å². The van der Waals surface area contributed by atoms with E-state index < -0.39 is 0 Å². The van der Waals surface area contributed by atoms with Crippen molar-refractivity contribution in [2.75, 3.05) is 12.4 Å². The number of aromatic hydroxyl groups is 1. The van der Waals surface area contributed by atoms with Crippen molar-refractivity contribution in [1.29, 1.82) is 5.26 Å². The highest BCUT2D eigenvalue weighted by Gasteiger charge is 1.97. The Morgan fingerprint density at radius 3 is 2.63 bits per heavy atom. The Bertz CT molecular complexity index is 575. The molecule has 2 aromatic rings. The molecule has 4 heteroatoms. The van der Waals surface area contributed by atoms with Gasteiger partial charge in [0.05, 0.1) is 18.2 Å². The quantitative estimate of drug-likeness (QED) is 0.668. The summed E-state index contributed by atoms with van der Waals surface area (Å²) in [6.45, 7) is 0.576. The normalized spacial score (nSPS) is 9.84. The van der Waals surface area contributed by atoms with E-state index >= 15 is 0 Å². The zero-order valence-electron chi connectivity index (χ0n) is 10.2. The fourth-order valence-electron chi connectivity index (χ4n) is 1.52. The second-order valence-electron chi connectivity index (χ2n) is 3.83.